The predicted octanol–water partition coefficient (Wildman–Crippen LogP) is 2.66. The minimum absolute atomic E-state index is 0.388. The number of nitrogens with zero attached hydrogens (tertiary/aromatic N) is 3. The third kappa shape index (κ3) is 1.78. The van der Waals surface area contributed by atoms with Gasteiger partial charge in [-0.05, 0) is 49.1 Å². The second-order valence-corrected chi connectivity index (χ2v) is 3.77. The first-order valence-electron chi connectivity index (χ1n) is 3.37. The quantitative estimate of drug-likeness (QED) is 0.813. The maximum absolute atomic E-state index is 4.93. The van der Waals surface area contributed by atoms with E-state index in [1.54, 1.807) is 6.20 Å². The van der Waals surface area contributed by atoms with Gasteiger partial charge in [0.1, 0.15) is 5.69 Å². The molecule has 66 valence electrons. The zero-order valence-electron chi connectivity index (χ0n) is 6.24. The van der Waals surface area contributed by atoms with Crippen LogP contribution in [0.1, 0.15) is 0 Å². The smallest absolute Gasteiger partial charge is 0.278 e. The van der Waals surface area contributed by atoms with E-state index < -0.39 is 0 Å². The van der Waals surface area contributed by atoms with E-state index >= 15 is 0 Å². The van der Waals surface area contributed by atoms with Gasteiger partial charge in [0.25, 0.3) is 5.89 Å². The average Bonchev–Trinajstić information content (AvgIpc) is 2.53. The van der Waals surface area contributed by atoms with Gasteiger partial charge in [-0.2, -0.15) is 4.98 Å². The molecule has 0 saturated heterocycles. The predicted molar refractivity (Wildman–Crippen MR) is 52.9 cm³/mol. The van der Waals surface area contributed by atoms with Crippen LogP contribution in [0.5, 0.6) is 0 Å². The summed E-state index contributed by atoms with van der Waals surface area (Å²) < 4.78 is 6.17. The zero-order valence-corrected chi connectivity index (χ0v) is 9.41. The Labute approximate surface area is 90.6 Å². The van der Waals surface area contributed by atoms with Crippen LogP contribution < -0.4 is 0 Å². The number of rotatable bonds is 1. The van der Waals surface area contributed by atoms with Crippen LogP contribution in [0.15, 0.2) is 32.1 Å². The summed E-state index contributed by atoms with van der Waals surface area (Å²) in [5, 5.41) is 3.60. The Morgan fingerprint density at radius 1 is 1.31 bits per heavy atom. The number of hydrogen-bond donors (Lipinski definition) is 0. The number of halogens is 2. The molecule has 6 heteroatoms. The summed E-state index contributed by atoms with van der Waals surface area (Å²) in [5.41, 5.74) is 0.640. The topological polar surface area (TPSA) is 51.8 Å². The number of pyridine rings is 1. The molecule has 0 amide bonds. The Bertz CT molecular complexity index is 429. The van der Waals surface area contributed by atoms with E-state index in [2.05, 4.69) is 47.0 Å². The van der Waals surface area contributed by atoms with Crippen LogP contribution in [0.4, 0.5) is 0 Å². The van der Waals surface area contributed by atoms with Crippen molar-refractivity contribution in [1.29, 1.82) is 0 Å². The molecule has 2 aromatic heterocycles. The lowest BCUT2D eigenvalue weighted by Crippen LogP contribution is -1.83. The maximum Gasteiger partial charge on any atom is 0.278 e. The van der Waals surface area contributed by atoms with Crippen LogP contribution >= 0.6 is 31.9 Å². The van der Waals surface area contributed by atoms with Gasteiger partial charge in [-0.1, -0.05) is 0 Å². The van der Waals surface area contributed by atoms with Gasteiger partial charge >= 0.3 is 0 Å². The van der Waals surface area contributed by atoms with E-state index in [0.717, 1.165) is 4.47 Å². The Morgan fingerprint density at radius 2 is 2.15 bits per heavy atom. The molecule has 0 saturated carbocycles. The van der Waals surface area contributed by atoms with Crippen molar-refractivity contribution in [3.05, 3.63) is 27.5 Å². The Balaban J connectivity index is 2.52. The van der Waals surface area contributed by atoms with Gasteiger partial charge in [0, 0.05) is 10.7 Å². The number of aromatic nitrogens is 3. The first-order chi connectivity index (χ1) is 6.27. The molecule has 2 aromatic rings. The highest BCUT2D eigenvalue weighted by molar-refractivity contribution is 9.10. The minimum Gasteiger partial charge on any atom is -0.331 e. The second-order valence-electron chi connectivity index (χ2n) is 2.20. The van der Waals surface area contributed by atoms with Crippen LogP contribution in [0.3, 0.4) is 0 Å². The molecule has 2 heterocycles. The molecule has 0 radical (unpaired) electrons. The summed E-state index contributed by atoms with van der Waals surface area (Å²) in [5.74, 6) is 0.388. The van der Waals surface area contributed by atoms with Gasteiger partial charge < -0.3 is 4.52 Å². The van der Waals surface area contributed by atoms with Crippen LogP contribution in [0, 0.1) is 0 Å². The molecular formula is C7H3Br2N3O. The highest BCUT2D eigenvalue weighted by atomic mass is 79.9. The van der Waals surface area contributed by atoms with Crippen LogP contribution in [-0.2, 0) is 0 Å². The van der Waals surface area contributed by atoms with Crippen molar-refractivity contribution in [2.75, 3.05) is 0 Å². The first kappa shape index (κ1) is 8.83. The van der Waals surface area contributed by atoms with Crippen LogP contribution in [0.2, 0.25) is 0 Å². The van der Waals surface area contributed by atoms with Gasteiger partial charge in [0.15, 0.2) is 0 Å². The van der Waals surface area contributed by atoms with Crippen molar-refractivity contribution in [1.82, 2.24) is 15.1 Å². The molecule has 13 heavy (non-hydrogen) atoms. The molecule has 0 unspecified atom stereocenters. The summed E-state index contributed by atoms with van der Waals surface area (Å²) in [6.07, 6.45) is 1.66. The molecule has 0 spiro atoms. The lowest BCUT2D eigenvalue weighted by atomic mass is 10.3. The molecule has 0 atom stereocenters. The fraction of sp³-hybridized carbons (Fsp3) is 0. The van der Waals surface area contributed by atoms with E-state index in [1.807, 2.05) is 12.1 Å². The molecule has 4 nitrogen and oxygen atoms in total. The fourth-order valence-electron chi connectivity index (χ4n) is 0.845. The van der Waals surface area contributed by atoms with E-state index in [9.17, 15) is 0 Å². The van der Waals surface area contributed by atoms with Gasteiger partial charge in [0.05, 0.1) is 0 Å². The molecule has 0 aliphatic carbocycles. The van der Waals surface area contributed by atoms with Gasteiger partial charge in [0.2, 0.25) is 4.73 Å². The van der Waals surface area contributed by atoms with Crippen molar-refractivity contribution in [2.24, 2.45) is 0 Å². The van der Waals surface area contributed by atoms with Crippen LogP contribution in [-0.4, -0.2) is 15.1 Å². The summed E-state index contributed by atoms with van der Waals surface area (Å²) in [4.78, 5) is 8.09. The van der Waals surface area contributed by atoms with E-state index in [-0.39, 0.29) is 0 Å². The summed E-state index contributed by atoms with van der Waals surface area (Å²) in [7, 11) is 0. The van der Waals surface area contributed by atoms with Gasteiger partial charge in [-0.3, -0.25) is 0 Å². The Hall–Kier alpha value is -0.750. The molecular weight excluding hydrogens is 302 g/mol. The highest BCUT2D eigenvalue weighted by Gasteiger charge is 2.10. The monoisotopic (exact) mass is 303 g/mol. The molecule has 0 aromatic carbocycles. The van der Waals surface area contributed by atoms with Crippen molar-refractivity contribution in [3.8, 4) is 11.6 Å². The van der Waals surface area contributed by atoms with E-state index in [0.29, 0.717) is 16.3 Å². The summed E-state index contributed by atoms with van der Waals surface area (Å²) in [6.45, 7) is 0. The normalized spacial score (nSPS) is 10.3. The molecule has 2 rings (SSSR count). The van der Waals surface area contributed by atoms with Crippen molar-refractivity contribution in [3.63, 3.8) is 0 Å². The fourth-order valence-corrected chi connectivity index (χ4v) is 1.50. The minimum atomic E-state index is 0.388. The summed E-state index contributed by atoms with van der Waals surface area (Å²) in [6, 6.07) is 3.68. The SMILES string of the molecule is Brc1noc(-c2ncccc2Br)n1. The van der Waals surface area contributed by atoms with Gasteiger partial charge in [-0.15, -0.1) is 0 Å². The Kier molecular flexibility index (Phi) is 2.41. The van der Waals surface area contributed by atoms with Gasteiger partial charge in [-0.25, -0.2) is 4.98 Å². The lowest BCUT2D eigenvalue weighted by Gasteiger charge is -1.94. The molecule has 0 bridgehead atoms. The van der Waals surface area contributed by atoms with Crippen LogP contribution in [0.25, 0.3) is 11.6 Å². The molecule has 0 N–H and O–H groups in total. The first-order valence-corrected chi connectivity index (χ1v) is 4.96. The lowest BCUT2D eigenvalue weighted by molar-refractivity contribution is 0.425. The Morgan fingerprint density at radius 3 is 2.77 bits per heavy atom. The van der Waals surface area contributed by atoms with Crippen molar-refractivity contribution < 1.29 is 4.52 Å². The molecule has 0 aliphatic rings. The van der Waals surface area contributed by atoms with E-state index in [4.69, 9.17) is 4.52 Å². The largest absolute Gasteiger partial charge is 0.331 e. The maximum atomic E-state index is 4.93. The third-order valence-electron chi connectivity index (χ3n) is 1.36. The van der Waals surface area contributed by atoms with E-state index in [1.165, 1.54) is 0 Å². The van der Waals surface area contributed by atoms with Crippen molar-refractivity contribution in [2.45, 2.75) is 0 Å². The standard InChI is InChI=1S/C7H3Br2N3O/c8-4-2-1-3-10-5(4)6-11-7(9)12-13-6/h1-3H. The third-order valence-corrected chi connectivity index (χ3v) is 2.32. The highest BCUT2D eigenvalue weighted by Crippen LogP contribution is 2.24. The average molecular weight is 305 g/mol. The number of hydrogen-bond acceptors (Lipinski definition) is 4. The molecule has 0 fully saturated rings. The summed E-state index contributed by atoms with van der Waals surface area (Å²) >= 11 is 6.43. The molecule has 0 aliphatic heterocycles. The zero-order chi connectivity index (χ0) is 9.26. The second kappa shape index (κ2) is 3.55. The van der Waals surface area contributed by atoms with Crippen molar-refractivity contribution >= 4 is 31.9 Å².